The van der Waals surface area contributed by atoms with Crippen LogP contribution in [-0.2, 0) is 14.3 Å². The molecule has 2 amide bonds. The SMILES string of the molecule is O=C1C2C3C=CC(CO)(O3)C2C(=O)N1c1ccc(Cl)cc1. The molecule has 6 heteroatoms. The number of imide groups is 1. The van der Waals surface area contributed by atoms with Crippen LogP contribution in [0.1, 0.15) is 0 Å². The predicted octanol–water partition coefficient (Wildman–Crippen LogP) is 1.15. The van der Waals surface area contributed by atoms with Gasteiger partial charge < -0.3 is 9.84 Å². The molecule has 3 heterocycles. The van der Waals surface area contributed by atoms with Crippen LogP contribution in [0.4, 0.5) is 5.69 Å². The smallest absolute Gasteiger partial charge is 0.241 e. The van der Waals surface area contributed by atoms with Crippen LogP contribution in [0.15, 0.2) is 36.4 Å². The van der Waals surface area contributed by atoms with Gasteiger partial charge in [-0.15, -0.1) is 0 Å². The minimum Gasteiger partial charge on any atom is -0.393 e. The molecule has 2 bridgehead atoms. The zero-order valence-corrected chi connectivity index (χ0v) is 11.7. The lowest BCUT2D eigenvalue weighted by Gasteiger charge is -2.26. The van der Waals surface area contributed by atoms with Gasteiger partial charge >= 0.3 is 0 Å². The Morgan fingerprint density at radius 2 is 1.95 bits per heavy atom. The van der Waals surface area contributed by atoms with Crippen LogP contribution in [0.5, 0.6) is 0 Å². The van der Waals surface area contributed by atoms with E-state index in [1.165, 1.54) is 4.90 Å². The minimum absolute atomic E-state index is 0.281. The van der Waals surface area contributed by atoms with Crippen molar-refractivity contribution in [2.75, 3.05) is 11.5 Å². The van der Waals surface area contributed by atoms with Crippen LogP contribution in [0.25, 0.3) is 0 Å². The van der Waals surface area contributed by atoms with E-state index in [0.29, 0.717) is 10.7 Å². The summed E-state index contributed by atoms with van der Waals surface area (Å²) < 4.78 is 5.67. The average Bonchev–Trinajstić information content (AvgIpc) is 3.12. The first kappa shape index (κ1) is 13.0. The van der Waals surface area contributed by atoms with Gasteiger partial charge in [-0.3, -0.25) is 9.59 Å². The van der Waals surface area contributed by atoms with Gasteiger partial charge in [-0.25, -0.2) is 4.90 Å². The molecule has 4 atom stereocenters. The average molecular weight is 306 g/mol. The monoisotopic (exact) mass is 305 g/mol. The summed E-state index contributed by atoms with van der Waals surface area (Å²) in [6.45, 7) is -0.311. The molecule has 21 heavy (non-hydrogen) atoms. The van der Waals surface area contributed by atoms with Gasteiger partial charge in [0, 0.05) is 5.02 Å². The van der Waals surface area contributed by atoms with Gasteiger partial charge in [-0.1, -0.05) is 23.8 Å². The number of anilines is 1. The molecule has 5 nitrogen and oxygen atoms in total. The fourth-order valence-corrected chi connectivity index (χ4v) is 3.65. The Morgan fingerprint density at radius 3 is 2.62 bits per heavy atom. The second-order valence-corrected chi connectivity index (χ2v) is 5.98. The van der Waals surface area contributed by atoms with E-state index in [1.54, 1.807) is 36.4 Å². The molecule has 2 fully saturated rings. The summed E-state index contributed by atoms with van der Waals surface area (Å²) in [5.74, 6) is -1.81. The molecule has 1 aromatic carbocycles. The van der Waals surface area contributed by atoms with Crippen LogP contribution in [0.2, 0.25) is 5.02 Å². The number of ether oxygens (including phenoxy) is 1. The molecule has 0 aliphatic carbocycles. The number of fused-ring (bicyclic) bond motifs is 5. The summed E-state index contributed by atoms with van der Waals surface area (Å²) in [6.07, 6.45) is 3.03. The number of carbonyl (C=O) groups is 2. The maximum absolute atomic E-state index is 12.7. The van der Waals surface area contributed by atoms with Crippen molar-refractivity contribution in [2.24, 2.45) is 11.8 Å². The molecule has 0 radical (unpaired) electrons. The first-order valence-electron chi connectivity index (χ1n) is 6.69. The molecular weight excluding hydrogens is 294 g/mol. The third kappa shape index (κ3) is 1.54. The van der Waals surface area contributed by atoms with Gasteiger partial charge in [0.05, 0.1) is 30.2 Å². The van der Waals surface area contributed by atoms with Crippen molar-refractivity contribution >= 4 is 29.1 Å². The van der Waals surface area contributed by atoms with E-state index >= 15 is 0 Å². The number of halogens is 1. The third-order valence-corrected chi connectivity index (χ3v) is 4.74. The summed E-state index contributed by atoms with van der Waals surface area (Å²) in [7, 11) is 0. The lowest BCUT2D eigenvalue weighted by atomic mass is 9.77. The van der Waals surface area contributed by atoms with E-state index in [1.807, 2.05) is 0 Å². The van der Waals surface area contributed by atoms with E-state index in [-0.39, 0.29) is 18.4 Å². The van der Waals surface area contributed by atoms with E-state index in [4.69, 9.17) is 16.3 Å². The molecule has 0 spiro atoms. The highest BCUT2D eigenvalue weighted by atomic mass is 35.5. The first-order chi connectivity index (χ1) is 10.1. The summed E-state index contributed by atoms with van der Waals surface area (Å²) >= 11 is 5.84. The zero-order valence-electron chi connectivity index (χ0n) is 10.9. The number of rotatable bonds is 2. The number of amides is 2. The van der Waals surface area contributed by atoms with Crippen LogP contribution >= 0.6 is 11.6 Å². The van der Waals surface area contributed by atoms with Crippen molar-refractivity contribution in [3.8, 4) is 0 Å². The Balaban J connectivity index is 1.77. The highest BCUT2D eigenvalue weighted by Gasteiger charge is 2.67. The van der Waals surface area contributed by atoms with Crippen molar-refractivity contribution < 1.29 is 19.4 Å². The van der Waals surface area contributed by atoms with Gasteiger partial charge in [0.2, 0.25) is 11.8 Å². The van der Waals surface area contributed by atoms with Crippen molar-refractivity contribution in [1.29, 1.82) is 0 Å². The number of aliphatic hydroxyl groups is 1. The summed E-state index contributed by atoms with van der Waals surface area (Å²) in [6, 6.07) is 6.55. The molecule has 0 saturated carbocycles. The maximum atomic E-state index is 12.7. The van der Waals surface area contributed by atoms with E-state index < -0.39 is 23.5 Å². The molecule has 108 valence electrons. The molecule has 1 N–H and O–H groups in total. The quantitative estimate of drug-likeness (QED) is 0.657. The van der Waals surface area contributed by atoms with Crippen LogP contribution in [0.3, 0.4) is 0 Å². The van der Waals surface area contributed by atoms with Gasteiger partial charge in [-0.2, -0.15) is 0 Å². The van der Waals surface area contributed by atoms with E-state index in [9.17, 15) is 14.7 Å². The Hall–Kier alpha value is -1.69. The topological polar surface area (TPSA) is 66.8 Å². The molecule has 3 aliphatic heterocycles. The van der Waals surface area contributed by atoms with Gasteiger partial charge in [-0.05, 0) is 24.3 Å². The normalized spacial score (nSPS) is 36.7. The number of hydrogen-bond acceptors (Lipinski definition) is 4. The largest absolute Gasteiger partial charge is 0.393 e. The highest BCUT2D eigenvalue weighted by Crippen LogP contribution is 2.52. The number of nitrogens with zero attached hydrogens (tertiary/aromatic N) is 1. The Labute approximate surface area is 125 Å². The van der Waals surface area contributed by atoms with Crippen molar-refractivity contribution in [3.05, 3.63) is 41.4 Å². The minimum atomic E-state index is -1.05. The maximum Gasteiger partial charge on any atom is 0.241 e. The Kier molecular flexibility index (Phi) is 2.58. The number of hydrogen-bond donors (Lipinski definition) is 1. The van der Waals surface area contributed by atoms with Crippen molar-refractivity contribution in [1.82, 2.24) is 0 Å². The standard InChI is InChI=1S/C15H12ClNO4/c16-8-1-3-9(4-2-8)17-13(19)11-10-5-6-15(7-18,21-10)12(11)14(17)20/h1-6,10-12,18H,7H2. The van der Waals surface area contributed by atoms with E-state index in [2.05, 4.69) is 0 Å². The molecule has 4 rings (SSSR count). The molecule has 2 saturated heterocycles. The Bertz CT molecular complexity index is 671. The number of benzene rings is 1. The third-order valence-electron chi connectivity index (χ3n) is 4.49. The van der Waals surface area contributed by atoms with Crippen LogP contribution < -0.4 is 4.90 Å². The van der Waals surface area contributed by atoms with E-state index in [0.717, 1.165) is 0 Å². The second-order valence-electron chi connectivity index (χ2n) is 5.55. The fourth-order valence-electron chi connectivity index (χ4n) is 3.53. The lowest BCUT2D eigenvalue weighted by molar-refractivity contribution is -0.128. The van der Waals surface area contributed by atoms with Gasteiger partial charge in [0.25, 0.3) is 0 Å². The van der Waals surface area contributed by atoms with Crippen LogP contribution in [0, 0.1) is 11.8 Å². The van der Waals surface area contributed by atoms with Crippen molar-refractivity contribution in [2.45, 2.75) is 11.7 Å². The van der Waals surface area contributed by atoms with Crippen LogP contribution in [-0.4, -0.2) is 35.2 Å². The molecule has 3 aliphatic rings. The first-order valence-corrected chi connectivity index (χ1v) is 7.07. The Morgan fingerprint density at radius 1 is 1.24 bits per heavy atom. The van der Waals surface area contributed by atoms with Gasteiger partial charge in [0.1, 0.15) is 5.60 Å². The molecule has 0 aromatic heterocycles. The number of aliphatic hydroxyl groups excluding tert-OH is 1. The van der Waals surface area contributed by atoms with Crippen molar-refractivity contribution in [3.63, 3.8) is 0 Å². The zero-order chi connectivity index (χ0) is 14.8. The fraction of sp³-hybridized carbons (Fsp3) is 0.333. The summed E-state index contributed by atoms with van der Waals surface area (Å²) in [5.41, 5.74) is -0.556. The lowest BCUT2D eigenvalue weighted by Crippen LogP contribution is -2.43. The molecular formula is C15H12ClNO4. The summed E-state index contributed by atoms with van der Waals surface area (Å²) in [4.78, 5) is 26.5. The molecule has 1 aromatic rings. The highest BCUT2D eigenvalue weighted by molar-refractivity contribution is 6.31. The number of carbonyl (C=O) groups excluding carboxylic acids is 2. The second kappa shape index (κ2) is 4.16. The van der Waals surface area contributed by atoms with Gasteiger partial charge in [0.15, 0.2) is 0 Å². The molecule has 4 unspecified atom stereocenters. The summed E-state index contributed by atoms with van der Waals surface area (Å²) in [5, 5.41) is 10.1. The predicted molar refractivity (Wildman–Crippen MR) is 74.8 cm³/mol.